The predicted octanol–water partition coefficient (Wildman–Crippen LogP) is -0.696. The zero-order valence-electron chi connectivity index (χ0n) is 18.8. The number of carbonyl (C=O) groups excluding carboxylic acids is 1. The summed E-state index contributed by atoms with van der Waals surface area (Å²) in [4.78, 5) is 33.6. The largest absolute Gasteiger partial charge is 0.480 e. The molecule has 1 amide bonds. The summed E-state index contributed by atoms with van der Waals surface area (Å²) in [5, 5.41) is 18.4. The highest BCUT2D eigenvalue weighted by Gasteiger charge is 2.32. The van der Waals surface area contributed by atoms with Gasteiger partial charge in [0.15, 0.2) is 12.4 Å². The molecule has 0 radical (unpaired) electrons. The van der Waals surface area contributed by atoms with Gasteiger partial charge in [0, 0.05) is 31.8 Å². The number of aliphatic imine (C=N–C) groups is 1. The molecule has 34 heavy (non-hydrogen) atoms. The van der Waals surface area contributed by atoms with Crippen molar-refractivity contribution in [1.82, 2.24) is 26.2 Å². The SMILES string of the molecule is O=C(O)C(CNC(=O)C1CC(CCCCNC2N=CCCN2)NO1)NS(=O)(=O)c1ccccc1. The molecule has 0 saturated carbocycles. The zero-order chi connectivity index (χ0) is 24.4. The van der Waals surface area contributed by atoms with Crippen molar-refractivity contribution in [2.24, 2.45) is 4.99 Å². The van der Waals surface area contributed by atoms with Crippen molar-refractivity contribution in [3.63, 3.8) is 0 Å². The Morgan fingerprint density at radius 3 is 2.74 bits per heavy atom. The molecule has 6 N–H and O–H groups in total. The van der Waals surface area contributed by atoms with Gasteiger partial charge in [0.25, 0.3) is 5.91 Å². The molecule has 0 aliphatic carbocycles. The van der Waals surface area contributed by atoms with E-state index in [0.717, 1.165) is 38.8 Å². The second-order valence-electron chi connectivity index (χ2n) is 8.15. The molecule has 1 aromatic rings. The summed E-state index contributed by atoms with van der Waals surface area (Å²) in [5.41, 5.74) is 2.85. The van der Waals surface area contributed by atoms with Crippen molar-refractivity contribution in [2.45, 2.75) is 61.5 Å². The highest BCUT2D eigenvalue weighted by Crippen LogP contribution is 2.16. The van der Waals surface area contributed by atoms with Crippen LogP contribution < -0.4 is 26.2 Å². The molecule has 0 spiro atoms. The van der Waals surface area contributed by atoms with E-state index in [-0.39, 0.29) is 17.2 Å². The lowest BCUT2D eigenvalue weighted by Crippen LogP contribution is -2.49. The summed E-state index contributed by atoms with van der Waals surface area (Å²) in [6.07, 6.45) is 5.20. The number of hydroxylamine groups is 1. The van der Waals surface area contributed by atoms with Crippen LogP contribution in [0.15, 0.2) is 40.2 Å². The van der Waals surface area contributed by atoms with Crippen LogP contribution in [0.25, 0.3) is 0 Å². The number of nitrogens with zero attached hydrogens (tertiary/aromatic N) is 1. The smallest absolute Gasteiger partial charge is 0.323 e. The Balaban J connectivity index is 1.36. The molecule has 2 aliphatic rings. The summed E-state index contributed by atoms with van der Waals surface area (Å²) >= 11 is 0. The molecule has 3 rings (SSSR count). The third-order valence-corrected chi connectivity index (χ3v) is 6.97. The van der Waals surface area contributed by atoms with E-state index in [1.807, 2.05) is 6.21 Å². The van der Waals surface area contributed by atoms with Crippen molar-refractivity contribution in [3.8, 4) is 0 Å². The lowest BCUT2D eigenvalue weighted by Gasteiger charge is -2.19. The van der Waals surface area contributed by atoms with E-state index in [2.05, 4.69) is 31.1 Å². The lowest BCUT2D eigenvalue weighted by molar-refractivity contribution is -0.139. The van der Waals surface area contributed by atoms with Crippen LogP contribution >= 0.6 is 0 Å². The van der Waals surface area contributed by atoms with Crippen molar-refractivity contribution >= 4 is 28.1 Å². The number of rotatable bonds is 13. The highest BCUT2D eigenvalue weighted by atomic mass is 32.2. The second-order valence-corrected chi connectivity index (χ2v) is 9.87. The maximum absolute atomic E-state index is 12.4. The Morgan fingerprint density at radius 1 is 1.24 bits per heavy atom. The molecule has 1 aromatic carbocycles. The van der Waals surface area contributed by atoms with Crippen LogP contribution in [0.2, 0.25) is 0 Å². The van der Waals surface area contributed by atoms with Crippen LogP contribution in [-0.4, -0.2) is 75.7 Å². The summed E-state index contributed by atoms with van der Waals surface area (Å²) in [6, 6.07) is 5.92. The first-order valence-corrected chi connectivity index (χ1v) is 12.8. The zero-order valence-corrected chi connectivity index (χ0v) is 19.6. The summed E-state index contributed by atoms with van der Waals surface area (Å²) in [7, 11) is -4.05. The van der Waals surface area contributed by atoms with Crippen molar-refractivity contribution in [1.29, 1.82) is 0 Å². The summed E-state index contributed by atoms with van der Waals surface area (Å²) < 4.78 is 26.9. The predicted molar refractivity (Wildman–Crippen MR) is 124 cm³/mol. The average molecular weight is 497 g/mol. The first-order valence-electron chi connectivity index (χ1n) is 11.3. The van der Waals surface area contributed by atoms with Crippen LogP contribution in [0.1, 0.15) is 32.1 Å². The van der Waals surface area contributed by atoms with Gasteiger partial charge in [-0.1, -0.05) is 24.6 Å². The number of hydrogen-bond donors (Lipinski definition) is 6. The van der Waals surface area contributed by atoms with Crippen LogP contribution in [0.5, 0.6) is 0 Å². The number of carboxylic acid groups (broad SMARTS) is 1. The number of unbranched alkanes of at least 4 members (excludes halogenated alkanes) is 1. The highest BCUT2D eigenvalue weighted by molar-refractivity contribution is 7.89. The number of hydrogen-bond acceptors (Lipinski definition) is 9. The fraction of sp³-hybridized carbons (Fsp3) is 0.571. The Labute approximate surface area is 198 Å². The van der Waals surface area contributed by atoms with Gasteiger partial charge in [0.1, 0.15) is 6.04 Å². The van der Waals surface area contributed by atoms with Gasteiger partial charge >= 0.3 is 5.97 Å². The number of carboxylic acids is 1. The Kier molecular flexibility index (Phi) is 9.92. The van der Waals surface area contributed by atoms with E-state index in [1.165, 1.54) is 24.3 Å². The van der Waals surface area contributed by atoms with Crippen LogP contribution in [0.3, 0.4) is 0 Å². The van der Waals surface area contributed by atoms with E-state index in [0.29, 0.717) is 6.42 Å². The van der Waals surface area contributed by atoms with Crippen molar-refractivity contribution in [3.05, 3.63) is 30.3 Å². The van der Waals surface area contributed by atoms with Gasteiger partial charge in [-0.05, 0) is 37.9 Å². The number of amides is 1. The van der Waals surface area contributed by atoms with E-state index in [9.17, 15) is 23.1 Å². The first-order chi connectivity index (χ1) is 16.3. The number of benzene rings is 1. The van der Waals surface area contributed by atoms with E-state index < -0.39 is 40.6 Å². The topological polar surface area (TPSA) is 170 Å². The number of nitrogens with one attached hydrogen (secondary N) is 5. The minimum Gasteiger partial charge on any atom is -0.480 e. The van der Waals surface area contributed by atoms with Crippen LogP contribution in [-0.2, 0) is 24.4 Å². The molecule has 1 saturated heterocycles. The van der Waals surface area contributed by atoms with Gasteiger partial charge in [-0.2, -0.15) is 10.2 Å². The fourth-order valence-corrected chi connectivity index (χ4v) is 4.83. The molecule has 2 heterocycles. The Morgan fingerprint density at radius 2 is 2.03 bits per heavy atom. The number of sulfonamides is 1. The summed E-state index contributed by atoms with van der Waals surface area (Å²) in [5.74, 6) is -1.89. The standard InChI is InChI=1S/C21H32N6O6S/c28-19(25-14-17(20(29)30)27-34(31,32)16-8-2-1-3-9-16)18-13-15(26-33-18)7-4-5-10-22-21-23-11-6-12-24-21/h1-3,8-9,11,15,17-18,21-22,24,26-27H,4-7,10,12-14H2,(H,25,28)(H,29,30). The van der Waals surface area contributed by atoms with E-state index in [4.69, 9.17) is 4.84 Å². The van der Waals surface area contributed by atoms with Gasteiger partial charge in [0.2, 0.25) is 10.0 Å². The average Bonchev–Trinajstić information content (AvgIpc) is 3.31. The Hall–Kier alpha value is -2.42. The molecule has 12 nitrogen and oxygen atoms in total. The second kappa shape index (κ2) is 12.9. The summed E-state index contributed by atoms with van der Waals surface area (Å²) in [6.45, 7) is 1.33. The van der Waals surface area contributed by atoms with Crippen LogP contribution in [0, 0.1) is 0 Å². The molecular weight excluding hydrogens is 464 g/mol. The number of aliphatic carboxylic acids is 1. The van der Waals surface area contributed by atoms with Crippen molar-refractivity contribution < 1.29 is 28.0 Å². The quantitative estimate of drug-likeness (QED) is 0.193. The van der Waals surface area contributed by atoms with Gasteiger partial charge in [-0.3, -0.25) is 30.1 Å². The molecule has 1 fully saturated rings. The molecule has 4 unspecified atom stereocenters. The third kappa shape index (κ3) is 8.11. The normalized spacial score (nSPS) is 23.5. The van der Waals surface area contributed by atoms with Gasteiger partial charge in [-0.25, -0.2) is 8.42 Å². The van der Waals surface area contributed by atoms with E-state index >= 15 is 0 Å². The maximum Gasteiger partial charge on any atom is 0.323 e. The van der Waals surface area contributed by atoms with Gasteiger partial charge in [-0.15, -0.1) is 0 Å². The molecule has 2 aliphatic heterocycles. The van der Waals surface area contributed by atoms with Gasteiger partial charge < -0.3 is 10.4 Å². The maximum atomic E-state index is 12.4. The molecule has 0 bridgehead atoms. The third-order valence-electron chi connectivity index (χ3n) is 5.48. The fourth-order valence-electron chi connectivity index (χ4n) is 3.62. The minimum absolute atomic E-state index is 0.00781. The molecule has 4 atom stereocenters. The molecule has 188 valence electrons. The van der Waals surface area contributed by atoms with Crippen molar-refractivity contribution in [2.75, 3.05) is 19.6 Å². The van der Waals surface area contributed by atoms with E-state index in [1.54, 1.807) is 6.07 Å². The first kappa shape index (κ1) is 26.2. The van der Waals surface area contributed by atoms with Crippen LogP contribution in [0.4, 0.5) is 0 Å². The number of carbonyl (C=O) groups is 2. The monoisotopic (exact) mass is 496 g/mol. The molecule has 13 heteroatoms. The minimum atomic E-state index is -4.05. The molecular formula is C21H32N6O6S. The lowest BCUT2D eigenvalue weighted by atomic mass is 10.0. The van der Waals surface area contributed by atoms with Gasteiger partial charge in [0.05, 0.1) is 4.90 Å². The Bertz CT molecular complexity index is 944. The molecule has 0 aromatic heterocycles.